The largest absolute Gasteiger partial charge is 0.481 e. The maximum atomic E-state index is 11.3. The molecule has 0 aliphatic heterocycles. The lowest BCUT2D eigenvalue weighted by Crippen LogP contribution is -2.37. The molecule has 5 nitrogen and oxygen atoms in total. The van der Waals surface area contributed by atoms with Crippen LogP contribution in [0.2, 0.25) is 0 Å². The number of rotatable bonds is 7. The number of carbonyl (C=O) groups is 2. The highest BCUT2D eigenvalue weighted by molar-refractivity contribution is 7.12. The minimum atomic E-state index is -0.826. The number of carbonyl (C=O) groups excluding carboxylic acids is 1. The summed E-state index contributed by atoms with van der Waals surface area (Å²) in [6.45, 7) is 4.67. The summed E-state index contributed by atoms with van der Waals surface area (Å²) in [5.41, 5.74) is 0. The summed E-state index contributed by atoms with van der Waals surface area (Å²) in [5.74, 6) is -0.861. The molecular weight excluding hydrogens is 252 g/mol. The highest BCUT2D eigenvalue weighted by Gasteiger charge is 2.06. The van der Waals surface area contributed by atoms with E-state index in [-0.39, 0.29) is 24.9 Å². The third-order valence-corrected chi connectivity index (χ3v) is 3.16. The number of carboxylic acid groups (broad SMARTS) is 1. The van der Waals surface area contributed by atoms with E-state index >= 15 is 0 Å². The highest BCUT2D eigenvalue weighted by atomic mass is 32.1. The molecule has 0 unspecified atom stereocenters. The van der Waals surface area contributed by atoms with Crippen molar-refractivity contribution < 1.29 is 14.7 Å². The first-order valence-electron chi connectivity index (χ1n) is 5.77. The molecule has 0 saturated heterocycles. The predicted octanol–water partition coefficient (Wildman–Crippen LogP) is 0.989. The first kappa shape index (κ1) is 14.7. The van der Waals surface area contributed by atoms with E-state index in [0.717, 1.165) is 9.75 Å². The fraction of sp³-hybridized carbons (Fsp3) is 0.500. The molecule has 0 spiro atoms. The van der Waals surface area contributed by atoms with Gasteiger partial charge in [0.1, 0.15) is 0 Å². The number of nitrogens with one attached hydrogen (secondary N) is 2. The molecule has 0 aliphatic rings. The lowest BCUT2D eigenvalue weighted by Gasteiger charge is -2.08. The first-order valence-corrected chi connectivity index (χ1v) is 6.58. The van der Waals surface area contributed by atoms with Gasteiger partial charge in [0.05, 0.1) is 13.0 Å². The molecule has 0 radical (unpaired) electrons. The molecule has 1 aromatic rings. The Kier molecular flexibility index (Phi) is 5.80. The fourth-order valence-electron chi connectivity index (χ4n) is 1.43. The highest BCUT2D eigenvalue weighted by Crippen LogP contribution is 2.16. The molecule has 18 heavy (non-hydrogen) atoms. The zero-order valence-electron chi connectivity index (χ0n) is 10.5. The van der Waals surface area contributed by atoms with E-state index in [0.29, 0.717) is 6.54 Å². The fourth-order valence-corrected chi connectivity index (χ4v) is 2.41. The third kappa shape index (κ3) is 5.79. The second-order valence-electron chi connectivity index (χ2n) is 4.26. The zero-order valence-corrected chi connectivity index (χ0v) is 11.3. The van der Waals surface area contributed by atoms with Crippen LogP contribution >= 0.6 is 11.3 Å². The summed E-state index contributed by atoms with van der Waals surface area (Å²) in [7, 11) is 0. The van der Waals surface area contributed by atoms with E-state index in [4.69, 9.17) is 5.11 Å². The number of carboxylic acids is 1. The average molecular weight is 270 g/mol. The van der Waals surface area contributed by atoms with Crippen LogP contribution in [-0.4, -0.2) is 29.6 Å². The third-order valence-electron chi connectivity index (χ3n) is 2.08. The molecule has 0 atom stereocenters. The molecule has 0 bridgehead atoms. The van der Waals surface area contributed by atoms with Crippen LogP contribution in [0.15, 0.2) is 12.1 Å². The summed E-state index contributed by atoms with van der Waals surface area (Å²) in [5, 5.41) is 14.5. The number of amides is 1. The van der Waals surface area contributed by atoms with Crippen molar-refractivity contribution in [1.82, 2.24) is 10.6 Å². The van der Waals surface area contributed by atoms with Crippen LogP contribution in [0, 0.1) is 0 Å². The van der Waals surface area contributed by atoms with Crippen LogP contribution in [0.1, 0.15) is 23.6 Å². The Labute approximate surface area is 110 Å². The van der Waals surface area contributed by atoms with Gasteiger partial charge < -0.3 is 15.7 Å². The van der Waals surface area contributed by atoms with Crippen molar-refractivity contribution in [2.45, 2.75) is 32.9 Å². The standard InChI is InChI=1S/C12H18N2O3S/c1-8(2)14-11(15)7-13-6-10-4-3-9(18-10)5-12(16)17/h3-4,8,13H,5-7H2,1-2H3,(H,14,15)(H,16,17). The Morgan fingerprint density at radius 2 is 2.00 bits per heavy atom. The normalized spacial score (nSPS) is 10.6. The molecule has 1 rings (SSSR count). The van der Waals surface area contributed by atoms with Crippen molar-refractivity contribution >= 4 is 23.2 Å². The van der Waals surface area contributed by atoms with Crippen molar-refractivity contribution in [3.05, 3.63) is 21.9 Å². The van der Waals surface area contributed by atoms with Gasteiger partial charge in [0.25, 0.3) is 0 Å². The summed E-state index contributed by atoms with van der Waals surface area (Å²) in [4.78, 5) is 23.7. The second kappa shape index (κ2) is 7.13. The predicted molar refractivity (Wildman–Crippen MR) is 70.6 cm³/mol. The van der Waals surface area contributed by atoms with Crippen LogP contribution in [0.4, 0.5) is 0 Å². The van der Waals surface area contributed by atoms with Crippen LogP contribution in [0.25, 0.3) is 0 Å². The van der Waals surface area contributed by atoms with Gasteiger partial charge in [-0.3, -0.25) is 9.59 Å². The van der Waals surface area contributed by atoms with Gasteiger partial charge in [-0.25, -0.2) is 0 Å². The average Bonchev–Trinajstić information content (AvgIpc) is 2.63. The summed E-state index contributed by atoms with van der Waals surface area (Å²) < 4.78 is 0. The SMILES string of the molecule is CC(C)NC(=O)CNCc1ccc(CC(=O)O)s1. The monoisotopic (exact) mass is 270 g/mol. The van der Waals surface area contributed by atoms with Gasteiger partial charge in [0, 0.05) is 22.3 Å². The van der Waals surface area contributed by atoms with E-state index in [1.807, 2.05) is 26.0 Å². The molecule has 3 N–H and O–H groups in total. The smallest absolute Gasteiger partial charge is 0.308 e. The molecule has 0 aliphatic carbocycles. The number of aliphatic carboxylic acids is 1. The maximum Gasteiger partial charge on any atom is 0.308 e. The van der Waals surface area contributed by atoms with Crippen molar-refractivity contribution in [1.29, 1.82) is 0 Å². The summed E-state index contributed by atoms with van der Waals surface area (Å²) in [6, 6.07) is 3.84. The number of hydrogen-bond acceptors (Lipinski definition) is 4. The molecule has 1 aromatic heterocycles. The Morgan fingerprint density at radius 3 is 2.61 bits per heavy atom. The van der Waals surface area contributed by atoms with Gasteiger partial charge in [0.15, 0.2) is 0 Å². The zero-order chi connectivity index (χ0) is 13.5. The topological polar surface area (TPSA) is 78.4 Å². The molecule has 1 amide bonds. The van der Waals surface area contributed by atoms with Gasteiger partial charge in [-0.05, 0) is 26.0 Å². The Balaban J connectivity index is 2.29. The summed E-state index contributed by atoms with van der Waals surface area (Å²) >= 11 is 1.45. The molecular formula is C12H18N2O3S. The van der Waals surface area contributed by atoms with Crippen LogP contribution < -0.4 is 10.6 Å². The van der Waals surface area contributed by atoms with Crippen molar-refractivity contribution in [2.24, 2.45) is 0 Å². The van der Waals surface area contributed by atoms with Gasteiger partial charge in [-0.1, -0.05) is 0 Å². The molecule has 1 heterocycles. The minimum absolute atomic E-state index is 0.0349. The van der Waals surface area contributed by atoms with Crippen LogP contribution in [0.5, 0.6) is 0 Å². The van der Waals surface area contributed by atoms with E-state index in [9.17, 15) is 9.59 Å². The lowest BCUT2D eigenvalue weighted by atomic mass is 10.3. The number of hydrogen-bond donors (Lipinski definition) is 3. The quantitative estimate of drug-likeness (QED) is 0.690. The van der Waals surface area contributed by atoms with Gasteiger partial charge >= 0.3 is 5.97 Å². The van der Waals surface area contributed by atoms with E-state index in [1.54, 1.807) is 0 Å². The van der Waals surface area contributed by atoms with E-state index in [1.165, 1.54) is 11.3 Å². The van der Waals surface area contributed by atoms with Crippen molar-refractivity contribution in [2.75, 3.05) is 6.54 Å². The number of thiophene rings is 1. The van der Waals surface area contributed by atoms with Crippen LogP contribution in [-0.2, 0) is 22.6 Å². The Morgan fingerprint density at radius 1 is 1.33 bits per heavy atom. The maximum absolute atomic E-state index is 11.3. The van der Waals surface area contributed by atoms with Gasteiger partial charge in [-0.15, -0.1) is 11.3 Å². The second-order valence-corrected chi connectivity index (χ2v) is 5.52. The van der Waals surface area contributed by atoms with Gasteiger partial charge in [0.2, 0.25) is 5.91 Å². The van der Waals surface area contributed by atoms with E-state index < -0.39 is 5.97 Å². The molecule has 0 aromatic carbocycles. The molecule has 0 saturated carbocycles. The minimum Gasteiger partial charge on any atom is -0.481 e. The Hall–Kier alpha value is -1.40. The van der Waals surface area contributed by atoms with Crippen molar-refractivity contribution in [3.8, 4) is 0 Å². The summed E-state index contributed by atoms with van der Waals surface area (Å²) in [6.07, 6.45) is 0.0541. The van der Waals surface area contributed by atoms with Crippen molar-refractivity contribution in [3.63, 3.8) is 0 Å². The lowest BCUT2D eigenvalue weighted by molar-refractivity contribution is -0.136. The molecule has 0 fully saturated rings. The Bertz CT molecular complexity index is 415. The molecule has 100 valence electrons. The van der Waals surface area contributed by atoms with Gasteiger partial charge in [-0.2, -0.15) is 0 Å². The van der Waals surface area contributed by atoms with E-state index in [2.05, 4.69) is 10.6 Å². The van der Waals surface area contributed by atoms with Crippen LogP contribution in [0.3, 0.4) is 0 Å². The first-order chi connectivity index (χ1) is 8.47. The molecule has 6 heteroatoms.